The quantitative estimate of drug-likeness (QED) is 0.502. The molecule has 0 saturated carbocycles. The van der Waals surface area contributed by atoms with Crippen molar-refractivity contribution in [3.63, 3.8) is 0 Å². The number of carbonyl (C=O) groups excluding carboxylic acids is 1. The molecule has 0 aliphatic carbocycles. The normalized spacial score (nSPS) is 17.6. The van der Waals surface area contributed by atoms with E-state index in [0.717, 1.165) is 12.3 Å². The molecule has 0 spiro atoms. The van der Waals surface area contributed by atoms with Crippen LogP contribution in [0.3, 0.4) is 0 Å². The number of ether oxygens (including phenoxy) is 2. The molecule has 2 aromatic rings. The zero-order chi connectivity index (χ0) is 27.7. The summed E-state index contributed by atoms with van der Waals surface area (Å²) in [5.74, 6) is -0.706. The Morgan fingerprint density at radius 3 is 2.18 bits per heavy atom. The maximum atomic E-state index is 15.1. The molecule has 2 aliphatic rings. The van der Waals surface area contributed by atoms with E-state index < -0.39 is 30.7 Å². The third-order valence-corrected chi connectivity index (χ3v) is 10.1. The van der Waals surface area contributed by atoms with Crippen LogP contribution < -0.4 is 9.64 Å². The lowest BCUT2D eigenvalue weighted by Crippen LogP contribution is -2.49. The molecule has 208 valence electrons. The Bertz CT molecular complexity index is 1400. The largest absolute Gasteiger partial charge is 0.490 e. The number of hydrogen-bond acceptors (Lipinski definition) is 8. The van der Waals surface area contributed by atoms with Crippen molar-refractivity contribution in [2.24, 2.45) is 0 Å². The molecule has 38 heavy (non-hydrogen) atoms. The lowest BCUT2D eigenvalue weighted by molar-refractivity contribution is 0.0740. The van der Waals surface area contributed by atoms with Crippen LogP contribution in [0.5, 0.6) is 5.75 Å². The van der Waals surface area contributed by atoms with E-state index in [1.807, 2.05) is 13.8 Å². The van der Waals surface area contributed by atoms with Crippen LogP contribution in [0.1, 0.15) is 37.0 Å². The molecule has 0 atom stereocenters. The minimum atomic E-state index is -3.66. The van der Waals surface area contributed by atoms with Crippen LogP contribution in [0, 0.1) is 5.82 Å². The van der Waals surface area contributed by atoms with E-state index in [1.54, 1.807) is 9.80 Å². The summed E-state index contributed by atoms with van der Waals surface area (Å²) in [5, 5.41) is -0.582. The Morgan fingerprint density at radius 2 is 1.61 bits per heavy atom. The first-order valence-corrected chi connectivity index (χ1v) is 16.0. The first-order valence-electron chi connectivity index (χ1n) is 12.5. The maximum absolute atomic E-state index is 15.1. The van der Waals surface area contributed by atoms with E-state index in [2.05, 4.69) is 0 Å². The number of sulfone groups is 2. The summed E-state index contributed by atoms with van der Waals surface area (Å²) < 4.78 is 76.1. The summed E-state index contributed by atoms with van der Waals surface area (Å²) >= 11 is 0. The minimum absolute atomic E-state index is 0.0217. The van der Waals surface area contributed by atoms with Gasteiger partial charge < -0.3 is 19.3 Å². The summed E-state index contributed by atoms with van der Waals surface area (Å²) in [6.45, 7) is 5.55. The van der Waals surface area contributed by atoms with Gasteiger partial charge in [-0.2, -0.15) is 0 Å². The minimum Gasteiger partial charge on any atom is -0.490 e. The molecule has 2 aliphatic heterocycles. The summed E-state index contributed by atoms with van der Waals surface area (Å²) in [4.78, 5) is 16.7. The van der Waals surface area contributed by atoms with Crippen molar-refractivity contribution < 1.29 is 35.5 Å². The number of rotatable bonds is 7. The second-order valence-electron chi connectivity index (χ2n) is 9.85. The molecule has 2 saturated heterocycles. The van der Waals surface area contributed by atoms with Crippen molar-refractivity contribution in [1.29, 1.82) is 0 Å². The molecule has 0 radical (unpaired) electrons. The van der Waals surface area contributed by atoms with Gasteiger partial charge in [0, 0.05) is 45.6 Å². The second-order valence-corrected chi connectivity index (χ2v) is 14.1. The molecule has 9 nitrogen and oxygen atoms in total. The fourth-order valence-corrected chi connectivity index (χ4v) is 7.05. The fraction of sp³-hybridized carbons (Fsp3) is 0.500. The topological polar surface area (TPSA) is 110 Å². The molecular formula is C26H33FN2O7S2. The molecule has 2 fully saturated rings. The number of anilines is 1. The van der Waals surface area contributed by atoms with Crippen molar-refractivity contribution in [2.45, 2.75) is 47.8 Å². The van der Waals surface area contributed by atoms with Crippen molar-refractivity contribution in [2.75, 3.05) is 50.5 Å². The predicted molar refractivity (Wildman–Crippen MR) is 141 cm³/mol. The van der Waals surface area contributed by atoms with Crippen molar-refractivity contribution in [1.82, 2.24) is 4.90 Å². The zero-order valence-electron chi connectivity index (χ0n) is 21.7. The van der Waals surface area contributed by atoms with Gasteiger partial charge in [0.2, 0.25) is 0 Å². The first-order chi connectivity index (χ1) is 17.9. The van der Waals surface area contributed by atoms with E-state index in [-0.39, 0.29) is 46.1 Å². The molecule has 2 aromatic carbocycles. The number of carbonyl (C=O) groups is 1. The van der Waals surface area contributed by atoms with Gasteiger partial charge in [0.25, 0.3) is 5.91 Å². The van der Waals surface area contributed by atoms with Crippen molar-refractivity contribution >= 4 is 31.3 Å². The van der Waals surface area contributed by atoms with Crippen molar-refractivity contribution in [3.05, 3.63) is 47.8 Å². The van der Waals surface area contributed by atoms with Gasteiger partial charge in [0.1, 0.15) is 11.6 Å². The average Bonchev–Trinajstić information content (AvgIpc) is 2.88. The molecule has 2 heterocycles. The van der Waals surface area contributed by atoms with Gasteiger partial charge in [0.15, 0.2) is 19.7 Å². The van der Waals surface area contributed by atoms with Gasteiger partial charge in [-0.1, -0.05) is 0 Å². The van der Waals surface area contributed by atoms with Gasteiger partial charge in [0.05, 0.1) is 32.4 Å². The van der Waals surface area contributed by atoms with Crippen LogP contribution in [-0.2, 0) is 24.4 Å². The molecule has 0 unspecified atom stereocenters. The Hall–Kier alpha value is -2.70. The number of benzene rings is 2. The highest BCUT2D eigenvalue weighted by atomic mass is 32.2. The number of nitrogens with zero attached hydrogens (tertiary/aromatic N) is 2. The summed E-state index contributed by atoms with van der Waals surface area (Å²) in [5.41, 5.74) is 0.426. The standard InChI is InChI=1S/C26H33FN2O7S2/c1-18(2)36-25-7-5-20(37(3,31)32)16-22(25)26(30)29-12-10-28(11-13-29)24-6-4-21(17-23(24)27)38(33,34)19-8-14-35-15-9-19/h4-7,16-19H,8-15H2,1-3H3. The SMILES string of the molecule is CC(C)Oc1ccc(S(C)(=O)=O)cc1C(=O)N1CCN(c2ccc(S(=O)(=O)C3CCOCC3)cc2F)CC1. The highest BCUT2D eigenvalue weighted by Crippen LogP contribution is 2.30. The van der Waals surface area contributed by atoms with Crippen LogP contribution in [0.15, 0.2) is 46.2 Å². The Kier molecular flexibility index (Phi) is 8.34. The molecule has 0 aromatic heterocycles. The zero-order valence-corrected chi connectivity index (χ0v) is 23.4. The molecule has 12 heteroatoms. The molecule has 1 amide bonds. The molecule has 4 rings (SSSR count). The molecular weight excluding hydrogens is 535 g/mol. The van der Waals surface area contributed by atoms with Crippen LogP contribution in [0.25, 0.3) is 0 Å². The highest BCUT2D eigenvalue weighted by Gasteiger charge is 2.31. The van der Waals surface area contributed by atoms with Crippen LogP contribution in [0.2, 0.25) is 0 Å². The van der Waals surface area contributed by atoms with Crippen molar-refractivity contribution in [3.8, 4) is 5.75 Å². The van der Waals surface area contributed by atoms with Crippen LogP contribution in [0.4, 0.5) is 10.1 Å². The summed E-state index contributed by atoms with van der Waals surface area (Å²) in [6.07, 6.45) is 1.63. The Labute approximate surface area is 223 Å². The van der Waals surface area contributed by atoms with E-state index in [0.29, 0.717) is 44.9 Å². The third-order valence-electron chi connectivity index (χ3n) is 6.73. The smallest absolute Gasteiger partial charge is 0.257 e. The predicted octanol–water partition coefficient (Wildman–Crippen LogP) is 2.93. The van der Waals surface area contributed by atoms with Gasteiger partial charge in [-0.05, 0) is 63.1 Å². The van der Waals surface area contributed by atoms with Gasteiger partial charge in [-0.25, -0.2) is 21.2 Å². The summed E-state index contributed by atoms with van der Waals surface area (Å²) in [6, 6.07) is 8.22. The monoisotopic (exact) mass is 568 g/mol. The highest BCUT2D eigenvalue weighted by molar-refractivity contribution is 7.92. The van der Waals surface area contributed by atoms with Crippen LogP contribution >= 0.6 is 0 Å². The average molecular weight is 569 g/mol. The van der Waals surface area contributed by atoms with E-state index in [1.165, 1.54) is 30.3 Å². The number of halogens is 1. The van der Waals surface area contributed by atoms with Gasteiger partial charge >= 0.3 is 0 Å². The molecule has 0 bridgehead atoms. The third kappa shape index (κ3) is 6.13. The maximum Gasteiger partial charge on any atom is 0.257 e. The second kappa shape index (κ2) is 11.2. The lowest BCUT2D eigenvalue weighted by Gasteiger charge is -2.36. The number of hydrogen-bond donors (Lipinski definition) is 0. The number of piperazine rings is 1. The lowest BCUT2D eigenvalue weighted by atomic mass is 10.1. The van der Waals surface area contributed by atoms with E-state index >= 15 is 4.39 Å². The fourth-order valence-electron chi connectivity index (χ4n) is 4.68. The van der Waals surface area contributed by atoms with Gasteiger partial charge in [-0.3, -0.25) is 4.79 Å². The molecule has 0 N–H and O–H groups in total. The van der Waals surface area contributed by atoms with E-state index in [4.69, 9.17) is 9.47 Å². The Balaban J connectivity index is 1.49. The summed E-state index contributed by atoms with van der Waals surface area (Å²) in [7, 11) is -7.19. The van der Waals surface area contributed by atoms with Crippen LogP contribution in [-0.4, -0.2) is 84.6 Å². The first kappa shape index (κ1) is 28.3. The number of amides is 1. The Morgan fingerprint density at radius 1 is 0.974 bits per heavy atom. The van der Waals surface area contributed by atoms with E-state index in [9.17, 15) is 21.6 Å². The van der Waals surface area contributed by atoms with Gasteiger partial charge in [-0.15, -0.1) is 0 Å².